The van der Waals surface area contributed by atoms with Gasteiger partial charge in [0.2, 0.25) is 17.8 Å². The number of hydrogen-bond acceptors (Lipinski definition) is 8. The van der Waals surface area contributed by atoms with E-state index in [9.17, 15) is 9.59 Å². The average Bonchev–Trinajstić information content (AvgIpc) is 3.32. The predicted octanol–water partition coefficient (Wildman–Crippen LogP) is 0.719. The normalized spacial score (nSPS) is 22.1. The van der Waals surface area contributed by atoms with Crippen LogP contribution < -0.4 is 16.0 Å². The Labute approximate surface area is 160 Å². The van der Waals surface area contributed by atoms with Gasteiger partial charge in [-0.1, -0.05) is 0 Å². The van der Waals surface area contributed by atoms with Gasteiger partial charge in [0.25, 0.3) is 5.91 Å². The molecule has 10 heteroatoms. The number of aromatic nitrogens is 4. The van der Waals surface area contributed by atoms with Gasteiger partial charge in [0.1, 0.15) is 0 Å². The second-order valence-electron chi connectivity index (χ2n) is 7.38. The van der Waals surface area contributed by atoms with Gasteiger partial charge >= 0.3 is 0 Å². The van der Waals surface area contributed by atoms with Gasteiger partial charge in [-0.05, 0) is 31.8 Å². The number of carbonyl (C=O) groups excluding carboxylic acids is 2. The summed E-state index contributed by atoms with van der Waals surface area (Å²) < 4.78 is 7.06. The Morgan fingerprint density at radius 2 is 1.89 bits per heavy atom. The van der Waals surface area contributed by atoms with E-state index >= 15 is 0 Å². The van der Waals surface area contributed by atoms with Crippen molar-refractivity contribution in [1.29, 1.82) is 0 Å². The standard InChI is InChI=1S/C18H21N7O3/c26-14-8-10(16(27)22-14)7-11-9-19-25-15(11)23-17(20-13-3-5-28-6-4-13)24-18(25)21-12-1-2-12/h7,9,12-13H,1-6,8H2,(H,22,26,27)(H2,20,21,23,24). The van der Waals surface area contributed by atoms with E-state index in [0.717, 1.165) is 38.9 Å². The largest absolute Gasteiger partial charge is 0.381 e. The summed E-state index contributed by atoms with van der Waals surface area (Å²) in [5.41, 5.74) is 1.68. The molecule has 0 unspecified atom stereocenters. The van der Waals surface area contributed by atoms with Gasteiger partial charge < -0.3 is 15.4 Å². The maximum absolute atomic E-state index is 11.9. The lowest BCUT2D eigenvalue weighted by atomic mass is 10.1. The number of carbonyl (C=O) groups is 2. The van der Waals surface area contributed by atoms with E-state index in [1.54, 1.807) is 16.8 Å². The molecule has 0 bridgehead atoms. The van der Waals surface area contributed by atoms with Gasteiger partial charge in [0, 0.05) is 36.4 Å². The number of nitrogens with zero attached hydrogens (tertiary/aromatic N) is 4. The highest BCUT2D eigenvalue weighted by atomic mass is 16.5. The van der Waals surface area contributed by atoms with Gasteiger partial charge in [0.15, 0.2) is 5.65 Å². The van der Waals surface area contributed by atoms with Crippen molar-refractivity contribution in [2.24, 2.45) is 0 Å². The maximum Gasteiger partial charge on any atom is 0.254 e. The molecule has 28 heavy (non-hydrogen) atoms. The van der Waals surface area contributed by atoms with Crippen molar-refractivity contribution in [1.82, 2.24) is 24.9 Å². The smallest absolute Gasteiger partial charge is 0.254 e. The zero-order valence-corrected chi connectivity index (χ0v) is 15.3. The highest BCUT2D eigenvalue weighted by molar-refractivity contribution is 6.15. The van der Waals surface area contributed by atoms with E-state index in [1.807, 2.05) is 0 Å². The third kappa shape index (κ3) is 3.42. The molecule has 3 fully saturated rings. The molecular formula is C18H21N7O3. The Hall–Kier alpha value is -3.01. The van der Waals surface area contributed by atoms with Crippen LogP contribution in [-0.2, 0) is 14.3 Å². The van der Waals surface area contributed by atoms with Crippen molar-refractivity contribution in [3.63, 3.8) is 0 Å². The third-order valence-corrected chi connectivity index (χ3v) is 5.09. The lowest BCUT2D eigenvalue weighted by molar-refractivity contribution is -0.124. The first-order valence-corrected chi connectivity index (χ1v) is 9.57. The number of nitrogens with one attached hydrogen (secondary N) is 3. The summed E-state index contributed by atoms with van der Waals surface area (Å²) in [6.07, 6.45) is 7.40. The summed E-state index contributed by atoms with van der Waals surface area (Å²) in [6.45, 7) is 1.44. The molecule has 1 saturated carbocycles. The van der Waals surface area contributed by atoms with Crippen LogP contribution in [0.2, 0.25) is 0 Å². The fourth-order valence-electron chi connectivity index (χ4n) is 3.40. The van der Waals surface area contributed by atoms with E-state index in [4.69, 9.17) is 4.74 Å². The van der Waals surface area contributed by atoms with Crippen molar-refractivity contribution < 1.29 is 14.3 Å². The van der Waals surface area contributed by atoms with Crippen molar-refractivity contribution in [3.05, 3.63) is 17.3 Å². The topological polar surface area (TPSA) is 123 Å². The molecule has 5 rings (SSSR count). The predicted molar refractivity (Wildman–Crippen MR) is 101 cm³/mol. The van der Waals surface area contributed by atoms with Crippen molar-refractivity contribution in [2.75, 3.05) is 23.8 Å². The molecule has 1 aliphatic carbocycles. The van der Waals surface area contributed by atoms with Crippen molar-refractivity contribution in [3.8, 4) is 0 Å². The second kappa shape index (κ2) is 6.86. The Kier molecular flexibility index (Phi) is 4.19. The molecule has 0 aromatic carbocycles. The molecule has 146 valence electrons. The summed E-state index contributed by atoms with van der Waals surface area (Å²) in [5.74, 6) is 0.490. The van der Waals surface area contributed by atoms with E-state index in [0.29, 0.717) is 34.7 Å². The molecule has 10 nitrogen and oxygen atoms in total. The SMILES string of the molecule is O=C1CC(=Cc2cnn3c(NC4CC4)nc(NC4CCOCC4)nc23)C(=O)N1. The van der Waals surface area contributed by atoms with Crippen LogP contribution in [0.4, 0.5) is 11.9 Å². The van der Waals surface area contributed by atoms with Gasteiger partial charge in [-0.15, -0.1) is 0 Å². The number of rotatable bonds is 5. The Morgan fingerprint density at radius 3 is 2.61 bits per heavy atom. The molecule has 2 aliphatic heterocycles. The Bertz CT molecular complexity index is 973. The minimum absolute atomic E-state index is 0.0711. The number of imide groups is 1. The van der Waals surface area contributed by atoms with Crippen LogP contribution in [0.15, 0.2) is 11.8 Å². The van der Waals surface area contributed by atoms with E-state index in [1.165, 1.54) is 0 Å². The van der Waals surface area contributed by atoms with Crippen LogP contribution >= 0.6 is 0 Å². The fourth-order valence-corrected chi connectivity index (χ4v) is 3.40. The van der Waals surface area contributed by atoms with Crippen LogP contribution in [0, 0.1) is 0 Å². The summed E-state index contributed by atoms with van der Waals surface area (Å²) in [7, 11) is 0. The van der Waals surface area contributed by atoms with Gasteiger partial charge in [-0.3, -0.25) is 14.9 Å². The molecule has 4 heterocycles. The fraction of sp³-hybridized carbons (Fsp3) is 0.500. The van der Waals surface area contributed by atoms with E-state index in [-0.39, 0.29) is 24.3 Å². The third-order valence-electron chi connectivity index (χ3n) is 5.09. The average molecular weight is 383 g/mol. The molecule has 2 amide bonds. The zero-order chi connectivity index (χ0) is 19.1. The van der Waals surface area contributed by atoms with Crippen LogP contribution in [0.5, 0.6) is 0 Å². The quantitative estimate of drug-likeness (QED) is 0.510. The van der Waals surface area contributed by atoms with Crippen LogP contribution in [-0.4, -0.2) is 56.7 Å². The maximum atomic E-state index is 11.9. The highest BCUT2D eigenvalue weighted by Gasteiger charge is 2.26. The van der Waals surface area contributed by atoms with Crippen molar-refractivity contribution in [2.45, 2.75) is 44.2 Å². The summed E-state index contributed by atoms with van der Waals surface area (Å²) in [4.78, 5) is 32.6. The first kappa shape index (κ1) is 17.1. The van der Waals surface area contributed by atoms with Crippen molar-refractivity contribution >= 4 is 35.4 Å². The zero-order valence-electron chi connectivity index (χ0n) is 15.3. The van der Waals surface area contributed by atoms with Gasteiger partial charge in [-0.25, -0.2) is 0 Å². The van der Waals surface area contributed by atoms with E-state index < -0.39 is 0 Å². The van der Waals surface area contributed by atoms with Gasteiger partial charge in [-0.2, -0.15) is 19.6 Å². The number of ether oxygens (including phenoxy) is 1. The molecule has 2 aromatic rings. The number of fused-ring (bicyclic) bond motifs is 1. The van der Waals surface area contributed by atoms with Crippen LogP contribution in [0.3, 0.4) is 0 Å². The number of anilines is 2. The number of hydrogen-bond donors (Lipinski definition) is 3. The highest BCUT2D eigenvalue weighted by Crippen LogP contribution is 2.26. The summed E-state index contributed by atoms with van der Waals surface area (Å²) in [5, 5.41) is 13.5. The second-order valence-corrected chi connectivity index (χ2v) is 7.38. The molecule has 3 aliphatic rings. The lowest BCUT2D eigenvalue weighted by Gasteiger charge is -2.23. The number of amides is 2. The summed E-state index contributed by atoms with van der Waals surface area (Å²) >= 11 is 0. The molecule has 0 radical (unpaired) electrons. The summed E-state index contributed by atoms with van der Waals surface area (Å²) in [6, 6.07) is 0.659. The minimum atomic E-state index is -0.365. The lowest BCUT2D eigenvalue weighted by Crippen LogP contribution is -2.29. The molecule has 0 atom stereocenters. The van der Waals surface area contributed by atoms with Gasteiger partial charge in [0.05, 0.1) is 12.6 Å². The Morgan fingerprint density at radius 1 is 1.11 bits per heavy atom. The molecule has 2 saturated heterocycles. The Balaban J connectivity index is 1.52. The monoisotopic (exact) mass is 383 g/mol. The first-order valence-electron chi connectivity index (χ1n) is 9.57. The van der Waals surface area contributed by atoms with E-state index in [2.05, 4.69) is 31.0 Å². The first-order chi connectivity index (χ1) is 13.7. The molecule has 0 spiro atoms. The molecular weight excluding hydrogens is 362 g/mol. The molecule has 3 N–H and O–H groups in total. The van der Waals surface area contributed by atoms with Crippen LogP contribution in [0.1, 0.15) is 37.7 Å². The van der Waals surface area contributed by atoms with Crippen LogP contribution in [0.25, 0.3) is 11.7 Å². The minimum Gasteiger partial charge on any atom is -0.381 e. The molecule has 2 aromatic heterocycles.